The van der Waals surface area contributed by atoms with Crippen LogP contribution in [0.2, 0.25) is 5.02 Å². The van der Waals surface area contributed by atoms with Crippen LogP contribution >= 0.6 is 22.9 Å². The maximum Gasteiger partial charge on any atom is 0.285 e. The van der Waals surface area contributed by atoms with Crippen molar-refractivity contribution in [2.75, 3.05) is 0 Å². The van der Waals surface area contributed by atoms with Gasteiger partial charge in [0.25, 0.3) is 10.0 Å². The highest BCUT2D eigenvalue weighted by atomic mass is 35.5. The number of aromatic nitrogens is 1. The molecule has 0 aliphatic heterocycles. The number of halogens is 1. The average Bonchev–Trinajstić information content (AvgIpc) is 3.26. The quantitative estimate of drug-likeness (QED) is 0.760. The highest BCUT2D eigenvalue weighted by molar-refractivity contribution is 7.90. The smallest absolute Gasteiger partial charge is 0.285 e. The minimum Gasteiger partial charge on any atom is -0.320 e. The summed E-state index contributed by atoms with van der Waals surface area (Å²) in [6, 6.07) is 6.25. The minimum absolute atomic E-state index is 0.0480. The molecule has 1 saturated carbocycles. The van der Waals surface area contributed by atoms with E-state index in [2.05, 4.69) is 36.7 Å². The summed E-state index contributed by atoms with van der Waals surface area (Å²) in [6.45, 7) is 9.32. The van der Waals surface area contributed by atoms with E-state index in [-0.39, 0.29) is 10.3 Å². The van der Waals surface area contributed by atoms with Crippen LogP contribution in [0.15, 0.2) is 33.6 Å². The predicted octanol–water partition coefficient (Wildman–Crippen LogP) is 4.51. The number of rotatable bonds is 4. The SMILES string of the molecule is Cc1c(C(C)(C)C)sc(=NS(=O)(=O)c2cccc(Cl)c2)n1CC1CC1. The number of hydrogen-bond donors (Lipinski definition) is 0. The standard InChI is InChI=1S/C18H23ClN2O2S2/c1-12-16(18(2,3)4)24-17(21(12)11-13-8-9-13)20-25(22,23)15-7-5-6-14(19)10-15/h5-7,10,13H,8-9,11H2,1-4H3. The van der Waals surface area contributed by atoms with Gasteiger partial charge in [-0.25, -0.2) is 0 Å². The molecule has 1 heterocycles. The summed E-state index contributed by atoms with van der Waals surface area (Å²) >= 11 is 7.42. The van der Waals surface area contributed by atoms with Gasteiger partial charge in [0, 0.05) is 22.1 Å². The van der Waals surface area contributed by atoms with Gasteiger partial charge in [-0.1, -0.05) is 38.4 Å². The predicted molar refractivity (Wildman–Crippen MR) is 103 cm³/mol. The molecular formula is C18H23ClN2O2S2. The zero-order valence-corrected chi connectivity index (χ0v) is 17.3. The Bertz CT molecular complexity index is 962. The first kappa shape index (κ1) is 18.7. The van der Waals surface area contributed by atoms with Gasteiger partial charge in [0.05, 0.1) is 4.90 Å². The minimum atomic E-state index is -3.79. The third-order valence-corrected chi connectivity index (χ3v) is 7.49. The molecule has 1 aliphatic rings. The lowest BCUT2D eigenvalue weighted by Crippen LogP contribution is -2.20. The molecule has 0 spiro atoms. The van der Waals surface area contributed by atoms with E-state index in [0.29, 0.717) is 15.7 Å². The van der Waals surface area contributed by atoms with E-state index in [4.69, 9.17) is 11.6 Å². The van der Waals surface area contributed by atoms with E-state index in [1.165, 1.54) is 41.2 Å². The van der Waals surface area contributed by atoms with Crippen LogP contribution in [0.3, 0.4) is 0 Å². The molecule has 0 radical (unpaired) electrons. The van der Waals surface area contributed by atoms with Crippen LogP contribution in [0.4, 0.5) is 0 Å². The molecule has 0 saturated heterocycles. The Kier molecular flexibility index (Phi) is 4.90. The maximum absolute atomic E-state index is 12.7. The van der Waals surface area contributed by atoms with Gasteiger partial charge in [0.2, 0.25) is 4.80 Å². The topological polar surface area (TPSA) is 51.4 Å². The lowest BCUT2D eigenvalue weighted by molar-refractivity contribution is 0.562. The highest BCUT2D eigenvalue weighted by Gasteiger charge is 2.27. The van der Waals surface area contributed by atoms with Crippen LogP contribution in [-0.2, 0) is 22.0 Å². The highest BCUT2D eigenvalue weighted by Crippen LogP contribution is 2.33. The number of hydrogen-bond acceptors (Lipinski definition) is 3. The van der Waals surface area contributed by atoms with Crippen LogP contribution in [0.5, 0.6) is 0 Å². The second kappa shape index (κ2) is 6.56. The largest absolute Gasteiger partial charge is 0.320 e. The third-order valence-electron chi connectivity index (χ3n) is 4.27. The molecule has 1 aliphatic carbocycles. The molecule has 3 rings (SSSR count). The number of nitrogens with zero attached hydrogens (tertiary/aromatic N) is 2. The molecule has 7 heteroatoms. The van der Waals surface area contributed by atoms with Gasteiger partial charge in [-0.2, -0.15) is 8.42 Å². The number of sulfonamides is 1. The van der Waals surface area contributed by atoms with Crippen molar-refractivity contribution in [3.05, 3.63) is 44.7 Å². The monoisotopic (exact) mass is 398 g/mol. The first-order chi connectivity index (χ1) is 11.6. The van der Waals surface area contributed by atoms with Crippen molar-refractivity contribution in [2.45, 2.75) is 57.4 Å². The van der Waals surface area contributed by atoms with E-state index in [1.807, 2.05) is 0 Å². The van der Waals surface area contributed by atoms with E-state index < -0.39 is 10.0 Å². The molecule has 136 valence electrons. The van der Waals surface area contributed by atoms with Crippen molar-refractivity contribution in [1.82, 2.24) is 4.57 Å². The van der Waals surface area contributed by atoms with Gasteiger partial charge in [-0.3, -0.25) is 0 Å². The van der Waals surface area contributed by atoms with Crippen LogP contribution in [-0.4, -0.2) is 13.0 Å². The van der Waals surface area contributed by atoms with Crippen LogP contribution in [0.25, 0.3) is 0 Å². The summed E-state index contributed by atoms with van der Waals surface area (Å²) in [6.07, 6.45) is 2.40. The molecule has 0 N–H and O–H groups in total. The van der Waals surface area contributed by atoms with Crippen molar-refractivity contribution >= 4 is 33.0 Å². The summed E-state index contributed by atoms with van der Waals surface area (Å²) in [5.41, 5.74) is 1.07. The maximum atomic E-state index is 12.7. The molecule has 1 fully saturated rings. The fraction of sp³-hybridized carbons (Fsp3) is 0.500. The van der Waals surface area contributed by atoms with Gasteiger partial charge in [0.1, 0.15) is 0 Å². The molecular weight excluding hydrogens is 376 g/mol. The normalized spacial score (nSPS) is 16.4. The van der Waals surface area contributed by atoms with Crippen LogP contribution in [0, 0.1) is 12.8 Å². The summed E-state index contributed by atoms with van der Waals surface area (Å²) in [5, 5.41) is 0.389. The molecule has 0 amide bonds. The molecule has 4 nitrogen and oxygen atoms in total. The fourth-order valence-electron chi connectivity index (χ4n) is 2.81. The molecule has 0 unspecified atom stereocenters. The van der Waals surface area contributed by atoms with Gasteiger partial charge in [0.15, 0.2) is 0 Å². The van der Waals surface area contributed by atoms with Gasteiger partial charge < -0.3 is 4.57 Å². The molecule has 1 aromatic heterocycles. The lowest BCUT2D eigenvalue weighted by atomic mass is 9.93. The summed E-state index contributed by atoms with van der Waals surface area (Å²) < 4.78 is 31.7. The van der Waals surface area contributed by atoms with Crippen LogP contribution in [0.1, 0.15) is 44.2 Å². The van der Waals surface area contributed by atoms with E-state index in [0.717, 1.165) is 12.2 Å². The Hall–Kier alpha value is -1.11. The van der Waals surface area contributed by atoms with Gasteiger partial charge in [-0.15, -0.1) is 15.7 Å². The molecule has 0 atom stereocenters. The average molecular weight is 399 g/mol. The number of benzene rings is 1. The summed E-state index contributed by atoms with van der Waals surface area (Å²) in [5.74, 6) is 0.633. The van der Waals surface area contributed by atoms with Gasteiger partial charge >= 0.3 is 0 Å². The Morgan fingerprint density at radius 1 is 1.32 bits per heavy atom. The van der Waals surface area contributed by atoms with Crippen molar-refractivity contribution in [3.63, 3.8) is 0 Å². The summed E-state index contributed by atoms with van der Waals surface area (Å²) in [4.78, 5) is 1.85. The first-order valence-corrected chi connectivity index (χ1v) is 11.0. The first-order valence-electron chi connectivity index (χ1n) is 8.35. The van der Waals surface area contributed by atoms with Crippen molar-refractivity contribution < 1.29 is 8.42 Å². The van der Waals surface area contributed by atoms with E-state index in [1.54, 1.807) is 12.1 Å². The molecule has 0 bridgehead atoms. The van der Waals surface area contributed by atoms with Crippen LogP contribution < -0.4 is 4.80 Å². The summed E-state index contributed by atoms with van der Waals surface area (Å²) in [7, 11) is -3.79. The third kappa shape index (κ3) is 4.18. The Balaban J connectivity index is 2.16. The van der Waals surface area contributed by atoms with Crippen molar-refractivity contribution in [1.29, 1.82) is 0 Å². The Morgan fingerprint density at radius 3 is 2.56 bits per heavy atom. The lowest BCUT2D eigenvalue weighted by Gasteiger charge is -2.17. The molecule has 25 heavy (non-hydrogen) atoms. The van der Waals surface area contributed by atoms with Crippen molar-refractivity contribution in [2.24, 2.45) is 10.3 Å². The van der Waals surface area contributed by atoms with Crippen molar-refractivity contribution in [3.8, 4) is 0 Å². The number of thiazole rings is 1. The molecule has 2 aromatic rings. The molecule has 1 aromatic carbocycles. The Morgan fingerprint density at radius 2 is 2.00 bits per heavy atom. The zero-order chi connectivity index (χ0) is 18.4. The zero-order valence-electron chi connectivity index (χ0n) is 14.9. The second-order valence-electron chi connectivity index (χ2n) is 7.63. The van der Waals surface area contributed by atoms with E-state index in [9.17, 15) is 8.42 Å². The fourth-order valence-corrected chi connectivity index (χ4v) is 5.51. The van der Waals surface area contributed by atoms with Gasteiger partial charge in [-0.05, 0) is 49.3 Å². The Labute approximate surface area is 158 Å². The van der Waals surface area contributed by atoms with E-state index >= 15 is 0 Å². The second-order valence-corrected chi connectivity index (χ2v) is 10.6.